The van der Waals surface area contributed by atoms with Crippen molar-refractivity contribution >= 4 is 26.8 Å². The Morgan fingerprint density at radius 3 is 2.71 bits per heavy atom. The predicted molar refractivity (Wildman–Crippen MR) is 70.5 cm³/mol. The summed E-state index contributed by atoms with van der Waals surface area (Å²) in [6, 6.07) is 11.8. The number of fused-ring (bicyclic) bond motifs is 1. The summed E-state index contributed by atoms with van der Waals surface area (Å²) in [4.78, 5) is 12.9. The third-order valence-electron chi connectivity index (χ3n) is 2.51. The Kier molecular flexibility index (Phi) is 2.57. The van der Waals surface area contributed by atoms with Crippen LogP contribution in [0, 0.1) is 0 Å². The molecule has 0 atom stereocenters. The van der Waals surface area contributed by atoms with Crippen molar-refractivity contribution in [3.63, 3.8) is 0 Å². The minimum atomic E-state index is 0.863. The fourth-order valence-corrected chi connectivity index (χ4v) is 2.09. The van der Waals surface area contributed by atoms with Crippen LogP contribution in [0.4, 0.5) is 0 Å². The number of halogens is 1. The van der Waals surface area contributed by atoms with Crippen molar-refractivity contribution in [2.75, 3.05) is 0 Å². The van der Waals surface area contributed by atoms with Crippen LogP contribution in [0.25, 0.3) is 22.3 Å². The summed E-state index contributed by atoms with van der Waals surface area (Å²) in [5.74, 6) is 0. The lowest BCUT2D eigenvalue weighted by Gasteiger charge is -2.04. The van der Waals surface area contributed by atoms with Gasteiger partial charge in [-0.15, -0.1) is 0 Å². The van der Waals surface area contributed by atoms with Gasteiger partial charge in [0.05, 0.1) is 16.9 Å². The molecule has 3 rings (SSSR count). The molecule has 3 nitrogen and oxygen atoms in total. The Morgan fingerprint density at radius 1 is 0.941 bits per heavy atom. The third-order valence-corrected chi connectivity index (χ3v) is 3.00. The molecule has 3 aromatic rings. The van der Waals surface area contributed by atoms with Crippen LogP contribution in [-0.2, 0) is 0 Å². The number of rotatable bonds is 1. The van der Waals surface area contributed by atoms with Gasteiger partial charge in [0.15, 0.2) is 0 Å². The first kappa shape index (κ1) is 10.4. The lowest BCUT2D eigenvalue weighted by molar-refractivity contribution is 1.19. The fourth-order valence-electron chi connectivity index (χ4n) is 1.74. The highest BCUT2D eigenvalue weighted by atomic mass is 79.9. The molecule has 0 amide bonds. The molecular formula is C13H8BrN3. The molecule has 0 unspecified atom stereocenters. The molecule has 0 radical (unpaired) electrons. The van der Waals surface area contributed by atoms with Crippen LogP contribution >= 0.6 is 15.9 Å². The van der Waals surface area contributed by atoms with Gasteiger partial charge in [-0.05, 0) is 30.3 Å². The highest BCUT2D eigenvalue weighted by molar-refractivity contribution is 9.10. The Labute approximate surface area is 107 Å². The summed E-state index contributed by atoms with van der Waals surface area (Å²) in [5.41, 5.74) is 2.64. The zero-order valence-corrected chi connectivity index (χ0v) is 10.4. The molecule has 2 heterocycles. The van der Waals surface area contributed by atoms with E-state index in [-0.39, 0.29) is 0 Å². The van der Waals surface area contributed by atoms with Crippen molar-refractivity contribution in [1.29, 1.82) is 0 Å². The smallest absolute Gasteiger partial charge is 0.116 e. The Morgan fingerprint density at radius 2 is 1.88 bits per heavy atom. The SMILES string of the molecule is Brc1ccc2c(-c3ccccn3)ncnc2c1. The summed E-state index contributed by atoms with van der Waals surface area (Å²) in [6.07, 6.45) is 3.33. The normalized spacial score (nSPS) is 10.6. The molecule has 0 aliphatic carbocycles. The molecule has 0 bridgehead atoms. The van der Waals surface area contributed by atoms with Crippen molar-refractivity contribution in [2.45, 2.75) is 0 Å². The standard InChI is InChI=1S/C13H8BrN3/c14-9-4-5-10-12(7-9)16-8-17-13(10)11-3-1-2-6-15-11/h1-8H. The monoisotopic (exact) mass is 285 g/mol. The first-order valence-electron chi connectivity index (χ1n) is 5.16. The largest absolute Gasteiger partial charge is 0.255 e. The van der Waals surface area contributed by atoms with Gasteiger partial charge >= 0.3 is 0 Å². The lowest BCUT2D eigenvalue weighted by Crippen LogP contribution is -1.90. The van der Waals surface area contributed by atoms with Gasteiger partial charge in [-0.1, -0.05) is 22.0 Å². The van der Waals surface area contributed by atoms with Gasteiger partial charge in [-0.25, -0.2) is 9.97 Å². The van der Waals surface area contributed by atoms with E-state index in [0.717, 1.165) is 26.8 Å². The fraction of sp³-hybridized carbons (Fsp3) is 0. The van der Waals surface area contributed by atoms with E-state index in [2.05, 4.69) is 30.9 Å². The molecule has 82 valence electrons. The first-order chi connectivity index (χ1) is 8.34. The second-order valence-electron chi connectivity index (χ2n) is 3.60. The summed E-state index contributed by atoms with van der Waals surface area (Å²) in [5, 5.41) is 1.01. The number of hydrogen-bond acceptors (Lipinski definition) is 3. The van der Waals surface area contributed by atoms with E-state index in [4.69, 9.17) is 0 Å². The van der Waals surface area contributed by atoms with Crippen molar-refractivity contribution in [3.8, 4) is 11.4 Å². The highest BCUT2D eigenvalue weighted by Crippen LogP contribution is 2.25. The zero-order chi connectivity index (χ0) is 11.7. The summed E-state index contributed by atoms with van der Waals surface area (Å²) < 4.78 is 1.01. The van der Waals surface area contributed by atoms with Gasteiger partial charge in [0, 0.05) is 16.1 Å². The second-order valence-corrected chi connectivity index (χ2v) is 4.51. The number of nitrogens with zero attached hydrogens (tertiary/aromatic N) is 3. The summed E-state index contributed by atoms with van der Waals surface area (Å²) in [7, 11) is 0. The maximum atomic E-state index is 4.32. The average Bonchev–Trinajstić information content (AvgIpc) is 2.39. The van der Waals surface area contributed by atoms with E-state index < -0.39 is 0 Å². The number of hydrogen-bond donors (Lipinski definition) is 0. The van der Waals surface area contributed by atoms with Gasteiger partial charge in [-0.2, -0.15) is 0 Å². The minimum Gasteiger partial charge on any atom is -0.255 e. The Balaban J connectivity index is 2.31. The van der Waals surface area contributed by atoms with Gasteiger partial charge in [0.2, 0.25) is 0 Å². The zero-order valence-electron chi connectivity index (χ0n) is 8.84. The van der Waals surface area contributed by atoms with Gasteiger partial charge in [-0.3, -0.25) is 4.98 Å². The molecule has 0 saturated heterocycles. The lowest BCUT2D eigenvalue weighted by atomic mass is 10.1. The third kappa shape index (κ3) is 1.91. The molecule has 0 N–H and O–H groups in total. The molecule has 2 aromatic heterocycles. The molecule has 0 spiro atoms. The summed E-state index contributed by atoms with van der Waals surface area (Å²) in [6.45, 7) is 0. The highest BCUT2D eigenvalue weighted by Gasteiger charge is 2.06. The predicted octanol–water partition coefficient (Wildman–Crippen LogP) is 3.45. The van der Waals surface area contributed by atoms with E-state index in [1.807, 2.05) is 36.4 Å². The molecule has 0 aliphatic rings. The molecule has 0 fully saturated rings. The average molecular weight is 286 g/mol. The molecular weight excluding hydrogens is 278 g/mol. The molecule has 0 aliphatic heterocycles. The maximum Gasteiger partial charge on any atom is 0.116 e. The van der Waals surface area contributed by atoms with Crippen LogP contribution in [0.5, 0.6) is 0 Å². The number of pyridine rings is 1. The van der Waals surface area contributed by atoms with Crippen LogP contribution in [-0.4, -0.2) is 15.0 Å². The van der Waals surface area contributed by atoms with E-state index in [0.29, 0.717) is 0 Å². The van der Waals surface area contributed by atoms with Gasteiger partial charge in [0.1, 0.15) is 6.33 Å². The topological polar surface area (TPSA) is 38.7 Å². The quantitative estimate of drug-likeness (QED) is 0.687. The van der Waals surface area contributed by atoms with E-state index >= 15 is 0 Å². The van der Waals surface area contributed by atoms with E-state index in [1.54, 1.807) is 12.5 Å². The van der Waals surface area contributed by atoms with Crippen LogP contribution in [0.15, 0.2) is 53.4 Å². The van der Waals surface area contributed by atoms with Crippen molar-refractivity contribution in [1.82, 2.24) is 15.0 Å². The molecule has 0 saturated carbocycles. The summed E-state index contributed by atoms with van der Waals surface area (Å²) >= 11 is 3.44. The van der Waals surface area contributed by atoms with Crippen LogP contribution in [0.3, 0.4) is 0 Å². The number of benzene rings is 1. The van der Waals surface area contributed by atoms with E-state index in [9.17, 15) is 0 Å². The molecule has 17 heavy (non-hydrogen) atoms. The van der Waals surface area contributed by atoms with Crippen LogP contribution in [0.1, 0.15) is 0 Å². The number of aromatic nitrogens is 3. The van der Waals surface area contributed by atoms with Crippen molar-refractivity contribution in [3.05, 3.63) is 53.4 Å². The van der Waals surface area contributed by atoms with Gasteiger partial charge in [0.25, 0.3) is 0 Å². The van der Waals surface area contributed by atoms with Crippen LogP contribution < -0.4 is 0 Å². The van der Waals surface area contributed by atoms with Crippen LogP contribution in [0.2, 0.25) is 0 Å². The van der Waals surface area contributed by atoms with Crippen molar-refractivity contribution in [2.24, 2.45) is 0 Å². The van der Waals surface area contributed by atoms with E-state index in [1.165, 1.54) is 0 Å². The molecule has 1 aromatic carbocycles. The second kappa shape index (κ2) is 4.22. The first-order valence-corrected chi connectivity index (χ1v) is 5.95. The minimum absolute atomic E-state index is 0.863. The maximum absolute atomic E-state index is 4.32. The Hall–Kier alpha value is -1.81. The molecule has 4 heteroatoms. The van der Waals surface area contributed by atoms with Gasteiger partial charge < -0.3 is 0 Å². The van der Waals surface area contributed by atoms with Crippen molar-refractivity contribution < 1.29 is 0 Å². The Bertz CT molecular complexity index is 668.